The van der Waals surface area contributed by atoms with E-state index in [0.717, 1.165) is 38.8 Å². The molecule has 2 heterocycles. The van der Waals surface area contributed by atoms with Crippen LogP contribution in [0.25, 0.3) is 0 Å². The molecule has 18 heavy (non-hydrogen) atoms. The molecule has 1 aliphatic heterocycles. The minimum atomic E-state index is 0.445. The SMILES string of the molecule is CCN(N)C1CCN(c2ncc(C=O)cn2)CC1. The number of hydrogen-bond acceptors (Lipinski definition) is 6. The van der Waals surface area contributed by atoms with E-state index in [9.17, 15) is 4.79 Å². The first-order valence-corrected chi connectivity index (χ1v) is 6.28. The highest BCUT2D eigenvalue weighted by molar-refractivity contribution is 5.73. The molecule has 98 valence electrons. The first kappa shape index (κ1) is 12.9. The lowest BCUT2D eigenvalue weighted by atomic mass is 10.0. The molecule has 2 rings (SSSR count). The van der Waals surface area contributed by atoms with E-state index in [1.165, 1.54) is 0 Å². The predicted octanol–water partition coefficient (Wildman–Crippen LogP) is 0.453. The van der Waals surface area contributed by atoms with Gasteiger partial charge in [-0.2, -0.15) is 0 Å². The van der Waals surface area contributed by atoms with Crippen LogP contribution >= 0.6 is 0 Å². The number of aldehydes is 1. The van der Waals surface area contributed by atoms with E-state index < -0.39 is 0 Å². The van der Waals surface area contributed by atoms with E-state index in [2.05, 4.69) is 21.8 Å². The average molecular weight is 249 g/mol. The summed E-state index contributed by atoms with van der Waals surface area (Å²) < 4.78 is 0. The molecule has 6 nitrogen and oxygen atoms in total. The number of rotatable bonds is 4. The molecule has 0 saturated carbocycles. The van der Waals surface area contributed by atoms with Crippen molar-refractivity contribution in [1.82, 2.24) is 15.0 Å². The van der Waals surface area contributed by atoms with E-state index in [0.29, 0.717) is 17.6 Å². The first-order valence-electron chi connectivity index (χ1n) is 6.28. The molecule has 0 radical (unpaired) electrons. The van der Waals surface area contributed by atoms with Crippen LogP contribution in [0.5, 0.6) is 0 Å². The Bertz CT molecular complexity index is 386. The molecule has 0 aliphatic carbocycles. The molecule has 0 amide bonds. The normalized spacial score (nSPS) is 17.2. The van der Waals surface area contributed by atoms with E-state index >= 15 is 0 Å². The van der Waals surface area contributed by atoms with Crippen molar-refractivity contribution in [2.75, 3.05) is 24.5 Å². The average Bonchev–Trinajstić information content (AvgIpc) is 2.47. The molecule has 2 N–H and O–H groups in total. The van der Waals surface area contributed by atoms with Crippen LogP contribution < -0.4 is 10.7 Å². The number of aromatic nitrogens is 2. The molecule has 0 aromatic carbocycles. The minimum Gasteiger partial charge on any atom is -0.341 e. The summed E-state index contributed by atoms with van der Waals surface area (Å²) in [6.45, 7) is 4.74. The summed E-state index contributed by atoms with van der Waals surface area (Å²) in [6.07, 6.45) is 5.90. The lowest BCUT2D eigenvalue weighted by Gasteiger charge is -2.35. The summed E-state index contributed by atoms with van der Waals surface area (Å²) >= 11 is 0. The van der Waals surface area contributed by atoms with Crippen LogP contribution in [0.3, 0.4) is 0 Å². The lowest BCUT2D eigenvalue weighted by molar-refractivity contribution is 0.112. The van der Waals surface area contributed by atoms with Gasteiger partial charge in [0, 0.05) is 38.1 Å². The second kappa shape index (κ2) is 5.88. The molecule has 1 saturated heterocycles. The Labute approximate surface area is 107 Å². The molecule has 1 aromatic heterocycles. The number of carbonyl (C=O) groups is 1. The number of hydrazine groups is 1. The maximum absolute atomic E-state index is 10.5. The van der Waals surface area contributed by atoms with E-state index in [-0.39, 0.29) is 0 Å². The second-order valence-electron chi connectivity index (χ2n) is 4.48. The fourth-order valence-corrected chi connectivity index (χ4v) is 2.21. The zero-order valence-corrected chi connectivity index (χ0v) is 10.6. The number of nitrogens with two attached hydrogens (primary N) is 1. The van der Waals surface area contributed by atoms with Crippen molar-refractivity contribution in [3.05, 3.63) is 18.0 Å². The van der Waals surface area contributed by atoms with Gasteiger partial charge in [0.2, 0.25) is 5.95 Å². The zero-order valence-electron chi connectivity index (χ0n) is 10.6. The summed E-state index contributed by atoms with van der Waals surface area (Å²) in [6, 6.07) is 0.445. The third-order valence-corrected chi connectivity index (χ3v) is 3.38. The summed E-state index contributed by atoms with van der Waals surface area (Å²) in [7, 11) is 0. The topological polar surface area (TPSA) is 75.3 Å². The van der Waals surface area contributed by atoms with Crippen molar-refractivity contribution in [3.8, 4) is 0 Å². The molecule has 0 unspecified atom stereocenters. The smallest absolute Gasteiger partial charge is 0.225 e. The van der Waals surface area contributed by atoms with Gasteiger partial charge < -0.3 is 4.90 Å². The van der Waals surface area contributed by atoms with E-state index in [1.807, 2.05) is 5.01 Å². The van der Waals surface area contributed by atoms with Gasteiger partial charge in [0.15, 0.2) is 6.29 Å². The molecular weight excluding hydrogens is 230 g/mol. The Morgan fingerprint density at radius 2 is 2.06 bits per heavy atom. The Kier molecular flexibility index (Phi) is 4.22. The van der Waals surface area contributed by atoms with Crippen LogP contribution in [0.2, 0.25) is 0 Å². The lowest BCUT2D eigenvalue weighted by Crippen LogP contribution is -2.48. The van der Waals surface area contributed by atoms with Gasteiger partial charge in [-0.05, 0) is 12.8 Å². The van der Waals surface area contributed by atoms with Crippen molar-refractivity contribution >= 4 is 12.2 Å². The van der Waals surface area contributed by atoms with Gasteiger partial charge in [-0.3, -0.25) is 10.6 Å². The van der Waals surface area contributed by atoms with Gasteiger partial charge in [-0.1, -0.05) is 6.92 Å². The Hall–Kier alpha value is -1.53. The molecule has 1 fully saturated rings. The van der Waals surface area contributed by atoms with Crippen molar-refractivity contribution in [2.45, 2.75) is 25.8 Å². The Morgan fingerprint density at radius 1 is 1.44 bits per heavy atom. The molecule has 0 spiro atoms. The van der Waals surface area contributed by atoms with Crippen LogP contribution in [0.1, 0.15) is 30.1 Å². The zero-order chi connectivity index (χ0) is 13.0. The summed E-state index contributed by atoms with van der Waals surface area (Å²) in [5, 5.41) is 1.90. The van der Waals surface area contributed by atoms with Gasteiger partial charge >= 0.3 is 0 Å². The second-order valence-corrected chi connectivity index (χ2v) is 4.48. The van der Waals surface area contributed by atoms with Gasteiger partial charge in [0.05, 0.1) is 5.56 Å². The van der Waals surface area contributed by atoms with Gasteiger partial charge in [-0.15, -0.1) is 0 Å². The molecule has 0 atom stereocenters. The van der Waals surface area contributed by atoms with Gasteiger partial charge in [0.25, 0.3) is 0 Å². The van der Waals surface area contributed by atoms with Crippen molar-refractivity contribution in [1.29, 1.82) is 0 Å². The quantitative estimate of drug-likeness (QED) is 0.474. The minimum absolute atomic E-state index is 0.445. The summed E-state index contributed by atoms with van der Waals surface area (Å²) in [5.41, 5.74) is 0.507. The van der Waals surface area contributed by atoms with Crippen molar-refractivity contribution in [3.63, 3.8) is 0 Å². The molecular formula is C12H19N5O. The molecule has 6 heteroatoms. The number of anilines is 1. The maximum atomic E-state index is 10.5. The van der Waals surface area contributed by atoms with Crippen molar-refractivity contribution < 1.29 is 4.79 Å². The third-order valence-electron chi connectivity index (χ3n) is 3.38. The fourth-order valence-electron chi connectivity index (χ4n) is 2.21. The number of hydrogen-bond donors (Lipinski definition) is 1. The van der Waals surface area contributed by atoms with E-state index in [1.54, 1.807) is 12.4 Å². The fraction of sp³-hybridized carbons (Fsp3) is 0.583. The van der Waals surface area contributed by atoms with E-state index in [4.69, 9.17) is 5.84 Å². The first-order chi connectivity index (χ1) is 8.74. The highest BCUT2D eigenvalue weighted by Crippen LogP contribution is 2.17. The largest absolute Gasteiger partial charge is 0.341 e. The highest BCUT2D eigenvalue weighted by Gasteiger charge is 2.23. The van der Waals surface area contributed by atoms with Crippen LogP contribution in [0.4, 0.5) is 5.95 Å². The highest BCUT2D eigenvalue weighted by atomic mass is 16.1. The number of nitrogens with zero attached hydrogens (tertiary/aromatic N) is 4. The predicted molar refractivity (Wildman–Crippen MR) is 69.2 cm³/mol. The van der Waals surface area contributed by atoms with Gasteiger partial charge in [0.1, 0.15) is 0 Å². The number of carbonyl (C=O) groups excluding carboxylic acids is 1. The van der Waals surface area contributed by atoms with Crippen LogP contribution in [-0.4, -0.2) is 46.9 Å². The van der Waals surface area contributed by atoms with Crippen molar-refractivity contribution in [2.24, 2.45) is 5.84 Å². The number of piperidine rings is 1. The monoisotopic (exact) mass is 249 g/mol. The van der Waals surface area contributed by atoms with Crippen LogP contribution in [0.15, 0.2) is 12.4 Å². The molecule has 1 aromatic rings. The third kappa shape index (κ3) is 2.83. The van der Waals surface area contributed by atoms with Gasteiger partial charge in [-0.25, -0.2) is 15.0 Å². The summed E-state index contributed by atoms with van der Waals surface area (Å²) in [4.78, 5) is 21.1. The molecule has 0 bridgehead atoms. The van der Waals surface area contributed by atoms with Crippen LogP contribution in [0, 0.1) is 0 Å². The summed E-state index contributed by atoms with van der Waals surface area (Å²) in [5.74, 6) is 6.61. The standard InChI is InChI=1S/C12H19N5O/c1-2-17(13)11-3-5-16(6-4-11)12-14-7-10(9-18)8-15-12/h7-9,11H,2-6,13H2,1H3. The molecule has 1 aliphatic rings. The Morgan fingerprint density at radius 3 is 2.56 bits per heavy atom. The van der Waals surface area contributed by atoms with Crippen LogP contribution in [-0.2, 0) is 0 Å². The maximum Gasteiger partial charge on any atom is 0.225 e. The Balaban J connectivity index is 1.94.